The number of rotatable bonds is 2. The Morgan fingerprint density at radius 1 is 1.00 bits per heavy atom. The van der Waals surface area contributed by atoms with Crippen LogP contribution in [-0.4, -0.2) is 17.9 Å². The number of hydrogen-bond acceptors (Lipinski definition) is 4. The molecular formula is C20H15NO2S. The molecule has 3 aromatic rings. The molecule has 0 atom stereocenters. The van der Waals surface area contributed by atoms with Crippen LogP contribution in [0.4, 0.5) is 5.69 Å². The molecule has 0 N–H and O–H groups in total. The molecule has 0 spiro atoms. The summed E-state index contributed by atoms with van der Waals surface area (Å²) >= 11 is 1.28. The van der Waals surface area contributed by atoms with E-state index in [1.807, 2.05) is 48.5 Å². The molecule has 4 rings (SSSR count). The molecule has 1 aliphatic heterocycles. The van der Waals surface area contributed by atoms with Crippen LogP contribution in [0.25, 0.3) is 10.8 Å². The van der Waals surface area contributed by atoms with E-state index in [0.717, 1.165) is 38.4 Å². The van der Waals surface area contributed by atoms with Crippen molar-refractivity contribution in [2.75, 3.05) is 7.11 Å². The lowest BCUT2D eigenvalue weighted by Crippen LogP contribution is -2.04. The minimum Gasteiger partial charge on any atom is -0.497 e. The summed E-state index contributed by atoms with van der Waals surface area (Å²) in [6.45, 7) is 0. The second-order valence-corrected chi connectivity index (χ2v) is 6.67. The van der Waals surface area contributed by atoms with Crippen molar-refractivity contribution in [3.05, 3.63) is 66.2 Å². The largest absolute Gasteiger partial charge is 0.497 e. The van der Waals surface area contributed by atoms with E-state index in [1.165, 1.54) is 11.8 Å². The monoisotopic (exact) mass is 333 g/mol. The molecular weight excluding hydrogens is 318 g/mol. The SMILES string of the molecule is COc1ccc(C2=Nc3c(ccc4ccccc34)SC(=O)C2)cc1. The summed E-state index contributed by atoms with van der Waals surface area (Å²) in [4.78, 5) is 18.1. The molecule has 118 valence electrons. The van der Waals surface area contributed by atoms with Gasteiger partial charge in [0.15, 0.2) is 5.12 Å². The van der Waals surface area contributed by atoms with Gasteiger partial charge >= 0.3 is 0 Å². The maximum Gasteiger partial charge on any atom is 0.199 e. The molecule has 0 saturated carbocycles. The summed E-state index contributed by atoms with van der Waals surface area (Å²) in [5.74, 6) is 0.791. The van der Waals surface area contributed by atoms with E-state index in [2.05, 4.69) is 12.1 Å². The molecule has 0 bridgehead atoms. The Labute approximate surface area is 144 Å². The highest BCUT2D eigenvalue weighted by molar-refractivity contribution is 8.13. The highest BCUT2D eigenvalue weighted by Gasteiger charge is 2.20. The first-order valence-corrected chi connectivity index (χ1v) is 8.50. The summed E-state index contributed by atoms with van der Waals surface area (Å²) in [5, 5.41) is 2.31. The van der Waals surface area contributed by atoms with Gasteiger partial charge in [-0.2, -0.15) is 0 Å². The van der Waals surface area contributed by atoms with Crippen molar-refractivity contribution >= 4 is 39.0 Å². The lowest BCUT2D eigenvalue weighted by molar-refractivity contribution is -0.109. The molecule has 0 aliphatic carbocycles. The van der Waals surface area contributed by atoms with Gasteiger partial charge in [0.1, 0.15) is 5.75 Å². The zero-order valence-electron chi connectivity index (χ0n) is 13.2. The highest BCUT2D eigenvalue weighted by Crippen LogP contribution is 2.40. The number of carbonyl (C=O) groups excluding carboxylic acids is 1. The minimum atomic E-state index is 0.110. The van der Waals surface area contributed by atoms with Gasteiger partial charge in [-0.1, -0.05) is 30.3 Å². The Morgan fingerprint density at radius 2 is 1.79 bits per heavy atom. The average Bonchev–Trinajstić information content (AvgIpc) is 2.80. The van der Waals surface area contributed by atoms with E-state index in [1.54, 1.807) is 7.11 Å². The number of ether oxygens (including phenoxy) is 1. The molecule has 3 nitrogen and oxygen atoms in total. The summed E-state index contributed by atoms with van der Waals surface area (Å²) in [7, 11) is 1.64. The molecule has 1 aliphatic rings. The molecule has 0 aromatic heterocycles. The third-order valence-electron chi connectivity index (χ3n) is 4.07. The molecule has 0 saturated heterocycles. The fourth-order valence-electron chi connectivity index (χ4n) is 2.85. The van der Waals surface area contributed by atoms with Crippen LogP contribution in [0.2, 0.25) is 0 Å². The first-order valence-electron chi connectivity index (χ1n) is 7.69. The van der Waals surface area contributed by atoms with Crippen LogP contribution in [0.1, 0.15) is 12.0 Å². The molecule has 0 unspecified atom stereocenters. The Hall–Kier alpha value is -2.59. The van der Waals surface area contributed by atoms with Crippen molar-refractivity contribution in [1.29, 1.82) is 0 Å². The highest BCUT2D eigenvalue weighted by atomic mass is 32.2. The van der Waals surface area contributed by atoms with Crippen LogP contribution in [0, 0.1) is 0 Å². The van der Waals surface area contributed by atoms with E-state index < -0.39 is 0 Å². The smallest absolute Gasteiger partial charge is 0.199 e. The van der Waals surface area contributed by atoms with Crippen LogP contribution in [0.15, 0.2) is 70.6 Å². The fourth-order valence-corrected chi connectivity index (χ4v) is 3.70. The van der Waals surface area contributed by atoms with Crippen LogP contribution in [-0.2, 0) is 4.79 Å². The standard InChI is InChI=1S/C20H15NO2S/c1-23-15-9-6-14(7-10-15)17-12-19(22)24-18-11-8-13-4-2-3-5-16(13)20(18)21-17/h2-11H,12H2,1H3. The summed E-state index contributed by atoms with van der Waals surface area (Å²) in [5.41, 5.74) is 2.63. The minimum absolute atomic E-state index is 0.110. The van der Waals surface area contributed by atoms with Crippen LogP contribution in [0.5, 0.6) is 5.75 Å². The molecule has 0 radical (unpaired) electrons. The fraction of sp³-hybridized carbons (Fsp3) is 0.100. The van der Waals surface area contributed by atoms with E-state index in [0.29, 0.717) is 6.42 Å². The molecule has 1 heterocycles. The van der Waals surface area contributed by atoms with E-state index >= 15 is 0 Å². The first-order chi connectivity index (χ1) is 11.7. The number of benzene rings is 3. The van der Waals surface area contributed by atoms with Gasteiger partial charge in [0.25, 0.3) is 0 Å². The number of hydrogen-bond donors (Lipinski definition) is 0. The van der Waals surface area contributed by atoms with Crippen LogP contribution >= 0.6 is 11.8 Å². The normalized spacial score (nSPS) is 14.0. The summed E-state index contributed by atoms with van der Waals surface area (Å²) < 4.78 is 5.21. The predicted molar refractivity (Wildman–Crippen MR) is 98.6 cm³/mol. The topological polar surface area (TPSA) is 38.7 Å². The van der Waals surface area contributed by atoms with Crippen molar-refractivity contribution in [3.63, 3.8) is 0 Å². The van der Waals surface area contributed by atoms with Gasteiger partial charge in [-0.15, -0.1) is 0 Å². The molecule has 3 aromatic carbocycles. The van der Waals surface area contributed by atoms with Gasteiger partial charge in [0, 0.05) is 10.3 Å². The maximum absolute atomic E-state index is 12.3. The van der Waals surface area contributed by atoms with E-state index in [-0.39, 0.29) is 5.12 Å². The second kappa shape index (κ2) is 6.13. The Morgan fingerprint density at radius 3 is 2.58 bits per heavy atom. The van der Waals surface area contributed by atoms with Gasteiger partial charge in [0.2, 0.25) is 0 Å². The third kappa shape index (κ3) is 2.69. The van der Waals surface area contributed by atoms with Gasteiger partial charge in [-0.05, 0) is 53.0 Å². The number of aliphatic imine (C=N–C) groups is 1. The van der Waals surface area contributed by atoms with Crippen LogP contribution in [0.3, 0.4) is 0 Å². The van der Waals surface area contributed by atoms with Crippen molar-refractivity contribution in [2.24, 2.45) is 4.99 Å². The molecule has 4 heteroatoms. The Bertz CT molecular complexity index is 961. The summed E-state index contributed by atoms with van der Waals surface area (Å²) in [6, 6.07) is 19.9. The van der Waals surface area contributed by atoms with Crippen molar-refractivity contribution in [1.82, 2.24) is 0 Å². The molecule has 0 amide bonds. The molecule has 0 fully saturated rings. The summed E-state index contributed by atoms with van der Waals surface area (Å²) in [6.07, 6.45) is 0.319. The number of carbonyl (C=O) groups is 1. The van der Waals surface area contributed by atoms with E-state index in [9.17, 15) is 4.79 Å². The zero-order chi connectivity index (χ0) is 16.5. The van der Waals surface area contributed by atoms with Crippen molar-refractivity contribution < 1.29 is 9.53 Å². The Balaban J connectivity index is 1.90. The van der Waals surface area contributed by atoms with Crippen molar-refractivity contribution in [3.8, 4) is 5.75 Å². The third-order valence-corrected chi connectivity index (χ3v) is 4.99. The van der Waals surface area contributed by atoms with Gasteiger partial charge in [-0.3, -0.25) is 9.79 Å². The Kier molecular flexibility index (Phi) is 3.82. The predicted octanol–water partition coefficient (Wildman–Crippen LogP) is 4.99. The lowest BCUT2D eigenvalue weighted by atomic mass is 10.1. The van der Waals surface area contributed by atoms with Crippen LogP contribution < -0.4 is 4.74 Å². The number of methoxy groups -OCH3 is 1. The van der Waals surface area contributed by atoms with Gasteiger partial charge < -0.3 is 4.74 Å². The number of nitrogens with zero attached hydrogens (tertiary/aromatic N) is 1. The quantitative estimate of drug-likeness (QED) is 0.663. The number of thioether (sulfide) groups is 1. The first kappa shape index (κ1) is 15.0. The average molecular weight is 333 g/mol. The van der Waals surface area contributed by atoms with Gasteiger partial charge in [0.05, 0.1) is 24.9 Å². The maximum atomic E-state index is 12.3. The second-order valence-electron chi connectivity index (χ2n) is 5.57. The molecule has 24 heavy (non-hydrogen) atoms. The lowest BCUT2D eigenvalue weighted by Gasteiger charge is -2.07. The zero-order valence-corrected chi connectivity index (χ0v) is 14.0. The van der Waals surface area contributed by atoms with Crippen molar-refractivity contribution in [2.45, 2.75) is 11.3 Å². The number of fused-ring (bicyclic) bond motifs is 3. The van der Waals surface area contributed by atoms with E-state index in [4.69, 9.17) is 9.73 Å². The van der Waals surface area contributed by atoms with Gasteiger partial charge in [-0.25, -0.2) is 0 Å².